The lowest BCUT2D eigenvalue weighted by Gasteiger charge is -2.34. The fraction of sp³-hybridized carbons (Fsp3) is 0.412. The Hall–Kier alpha value is -2.30. The van der Waals surface area contributed by atoms with Gasteiger partial charge in [0, 0.05) is 38.4 Å². The zero-order valence-electron chi connectivity index (χ0n) is 13.0. The Morgan fingerprint density at radius 3 is 2.55 bits per heavy atom. The van der Waals surface area contributed by atoms with Crippen LogP contribution in [0.3, 0.4) is 0 Å². The van der Waals surface area contributed by atoms with E-state index in [1.807, 2.05) is 36.1 Å². The maximum atomic E-state index is 12.4. The molecule has 1 N–H and O–H groups in total. The highest BCUT2D eigenvalue weighted by Gasteiger charge is 2.22. The van der Waals surface area contributed by atoms with E-state index < -0.39 is 0 Å². The molecule has 1 aromatic rings. The van der Waals surface area contributed by atoms with Crippen LogP contribution in [0.25, 0.3) is 0 Å². The molecule has 1 fully saturated rings. The molecule has 0 atom stereocenters. The van der Waals surface area contributed by atoms with E-state index in [2.05, 4.69) is 11.9 Å². The van der Waals surface area contributed by atoms with Crippen molar-refractivity contribution in [3.63, 3.8) is 0 Å². The molecule has 2 rings (SSSR count). The maximum absolute atomic E-state index is 12.4. The van der Waals surface area contributed by atoms with Crippen molar-refractivity contribution in [1.82, 2.24) is 9.80 Å². The Balaban J connectivity index is 1.89. The maximum Gasteiger partial charge on any atom is 0.246 e. The molecule has 1 aromatic carbocycles. The Labute approximate surface area is 131 Å². The van der Waals surface area contributed by atoms with Crippen molar-refractivity contribution >= 4 is 17.5 Å². The van der Waals surface area contributed by atoms with Gasteiger partial charge < -0.3 is 15.1 Å². The van der Waals surface area contributed by atoms with E-state index in [0.29, 0.717) is 32.6 Å². The molecule has 5 heteroatoms. The Bertz CT molecular complexity index is 549. The van der Waals surface area contributed by atoms with E-state index in [9.17, 15) is 9.59 Å². The minimum Gasteiger partial charge on any atom is -0.385 e. The molecular formula is C17H23N3O2. The molecule has 0 aliphatic carbocycles. The molecule has 1 aliphatic rings. The van der Waals surface area contributed by atoms with Crippen LogP contribution in [0.15, 0.2) is 36.9 Å². The molecule has 1 saturated heterocycles. The van der Waals surface area contributed by atoms with E-state index in [4.69, 9.17) is 0 Å². The zero-order valence-corrected chi connectivity index (χ0v) is 13.0. The highest BCUT2D eigenvalue weighted by atomic mass is 16.2. The van der Waals surface area contributed by atoms with E-state index >= 15 is 0 Å². The van der Waals surface area contributed by atoms with Gasteiger partial charge in [0.1, 0.15) is 0 Å². The fourth-order valence-electron chi connectivity index (χ4n) is 2.59. The summed E-state index contributed by atoms with van der Waals surface area (Å²) in [6, 6.07) is 7.94. The molecule has 2 amide bonds. The summed E-state index contributed by atoms with van der Waals surface area (Å²) in [7, 11) is 0. The average molecular weight is 301 g/mol. The summed E-state index contributed by atoms with van der Waals surface area (Å²) < 4.78 is 0. The van der Waals surface area contributed by atoms with Gasteiger partial charge in [0.2, 0.25) is 11.8 Å². The molecule has 1 heterocycles. The van der Waals surface area contributed by atoms with Crippen LogP contribution in [0.1, 0.15) is 12.5 Å². The molecular weight excluding hydrogens is 278 g/mol. The topological polar surface area (TPSA) is 52.7 Å². The first kappa shape index (κ1) is 16.1. The van der Waals surface area contributed by atoms with Gasteiger partial charge in [-0.25, -0.2) is 0 Å². The van der Waals surface area contributed by atoms with Gasteiger partial charge in [-0.2, -0.15) is 0 Å². The molecule has 1 aliphatic heterocycles. The normalized spacial score (nSPS) is 14.6. The summed E-state index contributed by atoms with van der Waals surface area (Å²) in [4.78, 5) is 27.4. The van der Waals surface area contributed by atoms with Gasteiger partial charge in [0.25, 0.3) is 0 Å². The minimum absolute atomic E-state index is 0.0644. The van der Waals surface area contributed by atoms with E-state index in [-0.39, 0.29) is 11.8 Å². The molecule has 0 radical (unpaired) electrons. The van der Waals surface area contributed by atoms with Crippen LogP contribution in [-0.2, 0) is 16.0 Å². The number of nitrogens with one attached hydrogen (secondary N) is 1. The number of hydrogen-bond acceptors (Lipinski definition) is 3. The molecule has 5 nitrogen and oxygen atoms in total. The van der Waals surface area contributed by atoms with Crippen LogP contribution in [0, 0.1) is 0 Å². The Kier molecular flexibility index (Phi) is 5.58. The number of carbonyl (C=O) groups is 2. The van der Waals surface area contributed by atoms with Crippen LogP contribution in [0.5, 0.6) is 0 Å². The number of anilines is 1. The van der Waals surface area contributed by atoms with Gasteiger partial charge in [-0.15, -0.1) is 0 Å². The monoisotopic (exact) mass is 301 g/mol. The summed E-state index contributed by atoms with van der Waals surface area (Å²) in [5, 5.41) is 3.25. The van der Waals surface area contributed by atoms with Gasteiger partial charge in [-0.05, 0) is 30.7 Å². The second-order valence-electron chi connectivity index (χ2n) is 5.32. The first-order chi connectivity index (χ1) is 10.6. The summed E-state index contributed by atoms with van der Waals surface area (Å²) in [6.07, 6.45) is 1.72. The molecule has 0 unspecified atom stereocenters. The van der Waals surface area contributed by atoms with Gasteiger partial charge in [0.15, 0.2) is 0 Å². The van der Waals surface area contributed by atoms with Crippen molar-refractivity contribution < 1.29 is 9.59 Å². The lowest BCUT2D eigenvalue weighted by molar-refractivity contribution is -0.136. The molecule has 0 saturated carbocycles. The van der Waals surface area contributed by atoms with Crippen molar-refractivity contribution in [2.45, 2.75) is 13.3 Å². The third kappa shape index (κ3) is 4.10. The number of hydrogen-bond donors (Lipinski definition) is 1. The lowest BCUT2D eigenvalue weighted by atomic mass is 10.1. The predicted octanol–water partition coefficient (Wildman–Crippen LogP) is 1.52. The van der Waals surface area contributed by atoms with Crippen LogP contribution >= 0.6 is 0 Å². The first-order valence-corrected chi connectivity index (χ1v) is 7.66. The SMILES string of the molecule is C=CC(=O)N1CCN(C(=O)Cc2cccc(NCC)c2)CC1. The van der Waals surface area contributed by atoms with E-state index in [1.165, 1.54) is 6.08 Å². The smallest absolute Gasteiger partial charge is 0.246 e. The van der Waals surface area contributed by atoms with E-state index in [0.717, 1.165) is 17.8 Å². The number of benzene rings is 1. The van der Waals surface area contributed by atoms with Crippen molar-refractivity contribution in [2.75, 3.05) is 38.0 Å². The highest BCUT2D eigenvalue weighted by Crippen LogP contribution is 2.13. The number of piperazine rings is 1. The van der Waals surface area contributed by atoms with Gasteiger partial charge in [0.05, 0.1) is 6.42 Å². The van der Waals surface area contributed by atoms with Gasteiger partial charge in [-0.1, -0.05) is 18.7 Å². The molecule has 118 valence electrons. The van der Waals surface area contributed by atoms with Crippen molar-refractivity contribution in [2.24, 2.45) is 0 Å². The van der Waals surface area contributed by atoms with E-state index in [1.54, 1.807) is 4.90 Å². The Morgan fingerprint density at radius 1 is 1.23 bits per heavy atom. The van der Waals surface area contributed by atoms with Gasteiger partial charge >= 0.3 is 0 Å². The molecule has 0 bridgehead atoms. The fourth-order valence-corrected chi connectivity index (χ4v) is 2.59. The van der Waals surface area contributed by atoms with Crippen molar-refractivity contribution in [1.29, 1.82) is 0 Å². The quantitative estimate of drug-likeness (QED) is 0.839. The second-order valence-corrected chi connectivity index (χ2v) is 5.32. The van der Waals surface area contributed by atoms with Crippen LogP contribution in [0.4, 0.5) is 5.69 Å². The van der Waals surface area contributed by atoms with Crippen LogP contribution in [-0.4, -0.2) is 54.3 Å². The molecule has 22 heavy (non-hydrogen) atoms. The summed E-state index contributed by atoms with van der Waals surface area (Å²) in [6.45, 7) is 8.72. The summed E-state index contributed by atoms with van der Waals surface area (Å²) >= 11 is 0. The third-order valence-corrected chi connectivity index (χ3v) is 3.78. The van der Waals surface area contributed by atoms with Gasteiger partial charge in [-0.3, -0.25) is 9.59 Å². The first-order valence-electron chi connectivity index (χ1n) is 7.66. The number of carbonyl (C=O) groups excluding carboxylic acids is 2. The highest BCUT2D eigenvalue weighted by molar-refractivity contribution is 5.87. The van der Waals surface area contributed by atoms with Crippen molar-refractivity contribution in [3.8, 4) is 0 Å². The predicted molar refractivity (Wildman–Crippen MR) is 87.7 cm³/mol. The molecule has 0 aromatic heterocycles. The van der Waals surface area contributed by atoms with Crippen molar-refractivity contribution in [3.05, 3.63) is 42.5 Å². The Morgan fingerprint density at radius 2 is 1.91 bits per heavy atom. The number of amides is 2. The average Bonchev–Trinajstić information content (AvgIpc) is 2.55. The zero-order chi connectivity index (χ0) is 15.9. The lowest BCUT2D eigenvalue weighted by Crippen LogP contribution is -2.50. The third-order valence-electron chi connectivity index (χ3n) is 3.78. The standard InChI is InChI=1S/C17H23N3O2/c1-3-16(21)19-8-10-20(11-9-19)17(22)13-14-6-5-7-15(12-14)18-4-2/h3,5-7,12,18H,1,4,8-11,13H2,2H3. The minimum atomic E-state index is -0.0644. The van der Waals surface area contributed by atoms with Crippen LogP contribution in [0.2, 0.25) is 0 Å². The second kappa shape index (κ2) is 7.64. The number of nitrogens with zero attached hydrogens (tertiary/aromatic N) is 2. The summed E-state index contributed by atoms with van der Waals surface area (Å²) in [5.41, 5.74) is 2.04. The number of rotatable bonds is 5. The summed E-state index contributed by atoms with van der Waals surface area (Å²) in [5.74, 6) is 0.0461. The largest absolute Gasteiger partial charge is 0.385 e. The van der Waals surface area contributed by atoms with Crippen LogP contribution < -0.4 is 5.32 Å². The molecule has 0 spiro atoms.